The van der Waals surface area contributed by atoms with E-state index in [1.54, 1.807) is 17.7 Å². The lowest BCUT2D eigenvalue weighted by Crippen LogP contribution is -2.30. The van der Waals surface area contributed by atoms with Crippen LogP contribution >= 0.6 is 0 Å². The lowest BCUT2D eigenvalue weighted by Gasteiger charge is -2.14. The maximum atomic E-state index is 12.4. The Morgan fingerprint density at radius 1 is 1.33 bits per heavy atom. The molecule has 0 radical (unpaired) electrons. The first-order valence-corrected chi connectivity index (χ1v) is 6.72. The summed E-state index contributed by atoms with van der Waals surface area (Å²) in [4.78, 5) is 12.4. The molecule has 5 heteroatoms. The number of nitrogen functional groups attached to an aromatic ring is 1. The first-order chi connectivity index (χ1) is 9.99. The van der Waals surface area contributed by atoms with Gasteiger partial charge in [0.1, 0.15) is 11.6 Å². The minimum absolute atomic E-state index is 0.209. The van der Waals surface area contributed by atoms with Crippen molar-refractivity contribution in [2.24, 2.45) is 5.73 Å². The zero-order chi connectivity index (χ0) is 15.6. The van der Waals surface area contributed by atoms with Gasteiger partial charge in [0.15, 0.2) is 0 Å². The Hall–Kier alpha value is -2.56. The van der Waals surface area contributed by atoms with Crippen LogP contribution in [0.25, 0.3) is 11.3 Å². The van der Waals surface area contributed by atoms with Crippen LogP contribution in [0.2, 0.25) is 0 Å². The lowest BCUT2D eigenvalue weighted by atomic mass is 10.1. The van der Waals surface area contributed by atoms with E-state index in [9.17, 15) is 4.79 Å². The Balaban J connectivity index is 2.64. The standard InChI is InChI=1S/C16H19N3O2/c1-4-19-13(7-6-12(15(17)18)16(19)20)11-5-8-14(21-3)10(2)9-11/h5-9H,4H2,1-3H3,(H3,17,18). The minimum atomic E-state index is -0.240. The number of ether oxygens (including phenoxy) is 1. The summed E-state index contributed by atoms with van der Waals surface area (Å²) in [5, 5.41) is 7.46. The fraction of sp³-hybridized carbons (Fsp3) is 0.250. The first kappa shape index (κ1) is 14.8. The van der Waals surface area contributed by atoms with E-state index in [4.69, 9.17) is 15.9 Å². The molecular weight excluding hydrogens is 266 g/mol. The molecule has 2 rings (SSSR count). The number of amidine groups is 1. The molecule has 5 nitrogen and oxygen atoms in total. The largest absolute Gasteiger partial charge is 0.496 e. The Labute approximate surface area is 123 Å². The van der Waals surface area contributed by atoms with Gasteiger partial charge in [0.25, 0.3) is 5.56 Å². The Morgan fingerprint density at radius 3 is 2.57 bits per heavy atom. The summed E-state index contributed by atoms with van der Waals surface area (Å²) in [7, 11) is 1.63. The van der Waals surface area contributed by atoms with Crippen molar-refractivity contribution in [2.75, 3.05) is 7.11 Å². The van der Waals surface area contributed by atoms with E-state index in [0.29, 0.717) is 6.54 Å². The highest BCUT2D eigenvalue weighted by Crippen LogP contribution is 2.25. The van der Waals surface area contributed by atoms with E-state index < -0.39 is 0 Å². The molecule has 2 aromatic rings. The molecule has 0 atom stereocenters. The molecule has 0 unspecified atom stereocenters. The summed E-state index contributed by atoms with van der Waals surface area (Å²) >= 11 is 0. The van der Waals surface area contributed by atoms with Crippen molar-refractivity contribution in [3.63, 3.8) is 0 Å². The zero-order valence-electron chi connectivity index (χ0n) is 12.4. The van der Waals surface area contributed by atoms with Crippen LogP contribution in [0.1, 0.15) is 18.1 Å². The van der Waals surface area contributed by atoms with Crippen LogP contribution < -0.4 is 16.0 Å². The molecule has 0 aliphatic carbocycles. The number of hydrogen-bond acceptors (Lipinski definition) is 3. The molecule has 1 aromatic carbocycles. The monoisotopic (exact) mass is 285 g/mol. The average molecular weight is 285 g/mol. The van der Waals surface area contributed by atoms with Crippen molar-refractivity contribution in [2.45, 2.75) is 20.4 Å². The quantitative estimate of drug-likeness (QED) is 0.667. The smallest absolute Gasteiger partial charge is 0.261 e. The van der Waals surface area contributed by atoms with Gasteiger partial charge in [-0.1, -0.05) is 0 Å². The van der Waals surface area contributed by atoms with Crippen molar-refractivity contribution < 1.29 is 4.74 Å². The average Bonchev–Trinajstić information content (AvgIpc) is 2.46. The molecule has 0 aliphatic rings. The molecule has 1 aromatic heterocycles. The van der Waals surface area contributed by atoms with Crippen molar-refractivity contribution in [1.29, 1.82) is 5.41 Å². The summed E-state index contributed by atoms with van der Waals surface area (Å²) in [5.74, 6) is 0.601. The maximum absolute atomic E-state index is 12.4. The van der Waals surface area contributed by atoms with Crippen molar-refractivity contribution in [1.82, 2.24) is 4.57 Å². The van der Waals surface area contributed by atoms with Gasteiger partial charge < -0.3 is 15.0 Å². The highest BCUT2D eigenvalue weighted by molar-refractivity contribution is 5.94. The van der Waals surface area contributed by atoms with Crippen LogP contribution in [0.5, 0.6) is 5.75 Å². The highest BCUT2D eigenvalue weighted by atomic mass is 16.5. The zero-order valence-corrected chi connectivity index (χ0v) is 12.4. The number of aromatic nitrogens is 1. The van der Waals surface area contributed by atoms with E-state index in [1.807, 2.05) is 38.1 Å². The Kier molecular flexibility index (Phi) is 4.12. The van der Waals surface area contributed by atoms with Gasteiger partial charge in [-0.15, -0.1) is 0 Å². The minimum Gasteiger partial charge on any atom is -0.496 e. The van der Waals surface area contributed by atoms with Gasteiger partial charge in [-0.3, -0.25) is 10.2 Å². The summed E-state index contributed by atoms with van der Waals surface area (Å²) in [6, 6.07) is 9.20. The third-order valence-electron chi connectivity index (χ3n) is 3.47. The SMILES string of the molecule is CCn1c(-c2ccc(OC)c(C)c2)ccc(C(=N)N)c1=O. The normalized spacial score (nSPS) is 10.4. The number of pyridine rings is 1. The van der Waals surface area contributed by atoms with Crippen LogP contribution in [-0.4, -0.2) is 17.5 Å². The third-order valence-corrected chi connectivity index (χ3v) is 3.47. The number of rotatable bonds is 4. The summed E-state index contributed by atoms with van der Waals surface area (Å²) in [6.45, 7) is 4.37. The summed E-state index contributed by atoms with van der Waals surface area (Å²) in [6.07, 6.45) is 0. The van der Waals surface area contributed by atoms with E-state index in [1.165, 1.54) is 0 Å². The predicted molar refractivity (Wildman–Crippen MR) is 84.1 cm³/mol. The van der Waals surface area contributed by atoms with Gasteiger partial charge in [0.2, 0.25) is 0 Å². The molecule has 21 heavy (non-hydrogen) atoms. The van der Waals surface area contributed by atoms with Gasteiger partial charge in [-0.05, 0) is 55.3 Å². The topological polar surface area (TPSA) is 81.1 Å². The van der Waals surface area contributed by atoms with Gasteiger partial charge in [-0.25, -0.2) is 0 Å². The molecule has 0 spiro atoms. The number of hydrogen-bond donors (Lipinski definition) is 2. The van der Waals surface area contributed by atoms with E-state index >= 15 is 0 Å². The molecular formula is C16H19N3O2. The first-order valence-electron chi connectivity index (χ1n) is 6.72. The molecule has 0 bridgehead atoms. The Bertz CT molecular complexity index is 748. The summed E-state index contributed by atoms with van der Waals surface area (Å²) < 4.78 is 6.88. The van der Waals surface area contributed by atoms with Crippen LogP contribution in [0.3, 0.4) is 0 Å². The van der Waals surface area contributed by atoms with E-state index in [2.05, 4.69) is 0 Å². The van der Waals surface area contributed by atoms with Gasteiger partial charge in [0, 0.05) is 6.54 Å². The van der Waals surface area contributed by atoms with Crippen LogP contribution in [0, 0.1) is 12.3 Å². The van der Waals surface area contributed by atoms with E-state index in [0.717, 1.165) is 22.6 Å². The molecule has 110 valence electrons. The number of nitrogens with two attached hydrogens (primary N) is 1. The van der Waals surface area contributed by atoms with Gasteiger partial charge in [-0.2, -0.15) is 0 Å². The van der Waals surface area contributed by atoms with Crippen molar-refractivity contribution in [3.8, 4) is 17.0 Å². The number of methoxy groups -OCH3 is 1. The van der Waals surface area contributed by atoms with Crippen LogP contribution in [0.15, 0.2) is 35.1 Å². The van der Waals surface area contributed by atoms with Gasteiger partial charge >= 0.3 is 0 Å². The number of nitrogens with one attached hydrogen (secondary N) is 1. The highest BCUT2D eigenvalue weighted by Gasteiger charge is 2.12. The third kappa shape index (κ3) is 2.67. The van der Waals surface area contributed by atoms with E-state index in [-0.39, 0.29) is 17.0 Å². The van der Waals surface area contributed by atoms with Crippen molar-refractivity contribution >= 4 is 5.84 Å². The molecule has 1 heterocycles. The second kappa shape index (κ2) is 5.83. The molecule has 0 saturated heterocycles. The number of nitrogens with zero attached hydrogens (tertiary/aromatic N) is 1. The molecule has 3 N–H and O–H groups in total. The fourth-order valence-electron chi connectivity index (χ4n) is 2.39. The summed E-state index contributed by atoms with van der Waals surface area (Å²) in [5.41, 5.74) is 8.17. The maximum Gasteiger partial charge on any atom is 0.261 e. The molecule has 0 aliphatic heterocycles. The molecule has 0 saturated carbocycles. The molecule has 0 amide bonds. The second-order valence-electron chi connectivity index (χ2n) is 4.78. The molecule has 0 fully saturated rings. The van der Waals surface area contributed by atoms with Crippen molar-refractivity contribution in [3.05, 3.63) is 51.8 Å². The Morgan fingerprint density at radius 2 is 2.05 bits per heavy atom. The predicted octanol–water partition coefficient (Wildman–Crippen LogP) is 2.14. The lowest BCUT2D eigenvalue weighted by molar-refractivity contribution is 0.412. The fourth-order valence-corrected chi connectivity index (χ4v) is 2.39. The van der Waals surface area contributed by atoms with Crippen LogP contribution in [-0.2, 0) is 6.54 Å². The second-order valence-corrected chi connectivity index (χ2v) is 4.78. The number of aryl methyl sites for hydroxylation is 1. The number of benzene rings is 1. The van der Waals surface area contributed by atoms with Gasteiger partial charge in [0.05, 0.1) is 18.4 Å². The van der Waals surface area contributed by atoms with Crippen LogP contribution in [0.4, 0.5) is 0 Å².